The predicted molar refractivity (Wildman–Crippen MR) is 118 cm³/mol. The molecule has 33 heavy (non-hydrogen) atoms. The van der Waals surface area contributed by atoms with Gasteiger partial charge in [0.25, 0.3) is 0 Å². The third-order valence-corrected chi connectivity index (χ3v) is 7.06. The number of phenols is 1. The molecule has 1 fully saturated rings. The van der Waals surface area contributed by atoms with Crippen LogP contribution in [0.5, 0.6) is 28.7 Å². The lowest BCUT2D eigenvalue weighted by Crippen LogP contribution is -2.39. The molecule has 0 aromatic heterocycles. The van der Waals surface area contributed by atoms with E-state index < -0.39 is 5.92 Å². The van der Waals surface area contributed by atoms with Crippen molar-refractivity contribution in [1.29, 1.82) is 0 Å². The molecular formula is C24H28N2O7. The molecule has 1 saturated heterocycles. The lowest BCUT2D eigenvalue weighted by molar-refractivity contribution is -0.141. The first-order valence-corrected chi connectivity index (χ1v) is 11.0. The molecule has 9 nitrogen and oxygen atoms in total. The van der Waals surface area contributed by atoms with E-state index in [1.165, 1.54) is 14.2 Å². The topological polar surface area (TPSA) is 135 Å². The van der Waals surface area contributed by atoms with E-state index in [-0.39, 0.29) is 53.8 Å². The van der Waals surface area contributed by atoms with Gasteiger partial charge in [-0.1, -0.05) is 0 Å². The summed E-state index contributed by atoms with van der Waals surface area (Å²) in [4.78, 5) is 13.1. The zero-order chi connectivity index (χ0) is 23.3. The molecule has 0 spiro atoms. The highest BCUT2D eigenvalue weighted by Crippen LogP contribution is 2.57. The molecular weight excluding hydrogens is 428 g/mol. The van der Waals surface area contributed by atoms with Crippen LogP contribution >= 0.6 is 0 Å². The van der Waals surface area contributed by atoms with E-state index >= 15 is 0 Å². The summed E-state index contributed by atoms with van der Waals surface area (Å²) in [6, 6.07) is 7.20. The average molecular weight is 456 g/mol. The van der Waals surface area contributed by atoms with Crippen LogP contribution < -0.4 is 30.4 Å². The molecule has 0 bridgehead atoms. The van der Waals surface area contributed by atoms with E-state index in [1.807, 2.05) is 12.1 Å². The van der Waals surface area contributed by atoms with E-state index in [0.29, 0.717) is 31.1 Å². The fourth-order valence-corrected chi connectivity index (χ4v) is 5.50. The second-order valence-corrected chi connectivity index (χ2v) is 8.74. The van der Waals surface area contributed by atoms with Gasteiger partial charge in [0, 0.05) is 24.4 Å². The number of esters is 1. The standard InChI is InChI=1S/C24H28N2O7/c1-29-19-3-11(4-20(30-2)23(19)27)21-15-7-18-17(32-10-33-18)6-14(15)13(5-12(26)8-25)16-9-31-24(28)22(16)21/h3-4,6-7,12-13,16,21-22,27H,5,8-10,25-26H2,1-2H3/t12?,13-,16+,21+,22-/m0/s1. The van der Waals surface area contributed by atoms with Crippen molar-refractivity contribution in [3.63, 3.8) is 0 Å². The zero-order valence-electron chi connectivity index (χ0n) is 18.6. The molecule has 5 rings (SSSR count). The first-order valence-electron chi connectivity index (χ1n) is 11.0. The second-order valence-electron chi connectivity index (χ2n) is 8.74. The van der Waals surface area contributed by atoms with E-state index in [4.69, 9.17) is 35.2 Å². The molecule has 3 aliphatic rings. The third-order valence-electron chi connectivity index (χ3n) is 7.06. The van der Waals surface area contributed by atoms with Crippen LogP contribution in [0.2, 0.25) is 0 Å². The highest BCUT2D eigenvalue weighted by Gasteiger charge is 2.52. The Morgan fingerprint density at radius 1 is 1.06 bits per heavy atom. The maximum atomic E-state index is 13.1. The number of hydrogen-bond acceptors (Lipinski definition) is 9. The molecule has 176 valence electrons. The van der Waals surface area contributed by atoms with Crippen LogP contribution in [-0.4, -0.2) is 51.3 Å². The Morgan fingerprint density at radius 3 is 2.30 bits per heavy atom. The molecule has 0 amide bonds. The van der Waals surface area contributed by atoms with Crippen LogP contribution in [0.15, 0.2) is 24.3 Å². The van der Waals surface area contributed by atoms with Crippen LogP contribution in [0.25, 0.3) is 0 Å². The smallest absolute Gasteiger partial charge is 0.310 e. The Hall–Kier alpha value is -3.17. The minimum atomic E-state index is -0.438. The summed E-state index contributed by atoms with van der Waals surface area (Å²) in [5.74, 6) is 0.569. The zero-order valence-corrected chi connectivity index (χ0v) is 18.6. The largest absolute Gasteiger partial charge is 0.502 e. The number of ether oxygens (including phenoxy) is 5. The van der Waals surface area contributed by atoms with Crippen LogP contribution in [0.3, 0.4) is 0 Å². The number of carbonyl (C=O) groups excluding carboxylic acids is 1. The Bertz CT molecular complexity index is 1060. The molecule has 2 aromatic rings. The number of nitrogens with two attached hydrogens (primary N) is 2. The molecule has 1 aliphatic carbocycles. The van der Waals surface area contributed by atoms with Gasteiger partial charge in [-0.2, -0.15) is 0 Å². The number of rotatable bonds is 6. The summed E-state index contributed by atoms with van der Waals surface area (Å²) >= 11 is 0. The van der Waals surface area contributed by atoms with Gasteiger partial charge in [-0.3, -0.25) is 4.79 Å². The number of hydrogen-bond donors (Lipinski definition) is 3. The van der Waals surface area contributed by atoms with Crippen LogP contribution in [0.1, 0.15) is 34.9 Å². The summed E-state index contributed by atoms with van der Waals surface area (Å²) in [6.07, 6.45) is 0.621. The molecule has 2 aromatic carbocycles. The fraction of sp³-hybridized carbons (Fsp3) is 0.458. The van der Waals surface area contributed by atoms with Crippen molar-refractivity contribution < 1.29 is 33.6 Å². The predicted octanol–water partition coefficient (Wildman–Crippen LogP) is 1.83. The van der Waals surface area contributed by atoms with Gasteiger partial charge < -0.3 is 40.3 Å². The normalized spacial score (nSPS) is 25.8. The third kappa shape index (κ3) is 3.43. The number of benzene rings is 2. The van der Waals surface area contributed by atoms with Gasteiger partial charge >= 0.3 is 5.97 Å². The maximum Gasteiger partial charge on any atom is 0.310 e. The van der Waals surface area contributed by atoms with Crippen molar-refractivity contribution in [2.45, 2.75) is 24.3 Å². The summed E-state index contributed by atoms with van der Waals surface area (Å²) in [6.45, 7) is 0.798. The first-order chi connectivity index (χ1) is 16.0. The highest BCUT2D eigenvalue weighted by atomic mass is 16.7. The lowest BCUT2D eigenvalue weighted by Gasteiger charge is -2.40. The van der Waals surface area contributed by atoms with E-state index in [9.17, 15) is 9.90 Å². The van der Waals surface area contributed by atoms with Crippen molar-refractivity contribution in [2.24, 2.45) is 23.3 Å². The number of carbonyl (C=O) groups is 1. The average Bonchev–Trinajstić information content (AvgIpc) is 3.44. The lowest BCUT2D eigenvalue weighted by atomic mass is 9.61. The Morgan fingerprint density at radius 2 is 1.70 bits per heavy atom. The van der Waals surface area contributed by atoms with Crippen LogP contribution in [0.4, 0.5) is 0 Å². The number of aromatic hydroxyl groups is 1. The summed E-state index contributed by atoms with van der Waals surface area (Å²) < 4.78 is 27.7. The minimum Gasteiger partial charge on any atom is -0.502 e. The van der Waals surface area contributed by atoms with E-state index in [1.54, 1.807) is 12.1 Å². The SMILES string of the molecule is COc1cc([C@@H]2c3cc4c(cc3[C@H](CC(N)CN)[C@H]3COC(=O)[C@H]23)OCO4)cc(OC)c1O. The molecule has 1 unspecified atom stereocenters. The van der Waals surface area contributed by atoms with Gasteiger partial charge in [-0.25, -0.2) is 0 Å². The quantitative estimate of drug-likeness (QED) is 0.556. The molecule has 9 heteroatoms. The molecule has 5 N–H and O–H groups in total. The van der Waals surface area contributed by atoms with Gasteiger partial charge in [0.15, 0.2) is 23.0 Å². The second kappa shape index (κ2) is 8.31. The van der Waals surface area contributed by atoms with E-state index in [0.717, 1.165) is 16.7 Å². The monoisotopic (exact) mass is 456 g/mol. The fourth-order valence-electron chi connectivity index (χ4n) is 5.50. The van der Waals surface area contributed by atoms with Crippen LogP contribution in [0, 0.1) is 11.8 Å². The number of fused-ring (bicyclic) bond motifs is 3. The molecule has 2 aliphatic heterocycles. The molecule has 0 radical (unpaired) electrons. The van der Waals surface area contributed by atoms with Crippen molar-refractivity contribution in [3.8, 4) is 28.7 Å². The summed E-state index contributed by atoms with van der Waals surface area (Å²) in [5, 5.41) is 10.4. The maximum absolute atomic E-state index is 13.1. The molecule has 0 saturated carbocycles. The van der Waals surface area contributed by atoms with Crippen molar-refractivity contribution in [1.82, 2.24) is 0 Å². The Kier molecular flexibility index (Phi) is 5.46. The number of cyclic esters (lactones) is 1. The van der Waals surface area contributed by atoms with Crippen LogP contribution in [-0.2, 0) is 9.53 Å². The Labute approximate surface area is 191 Å². The van der Waals surface area contributed by atoms with Crippen molar-refractivity contribution in [3.05, 3.63) is 41.0 Å². The number of phenolic OH excluding ortho intramolecular Hbond substituents is 1. The van der Waals surface area contributed by atoms with E-state index in [2.05, 4.69) is 0 Å². The van der Waals surface area contributed by atoms with Crippen molar-refractivity contribution in [2.75, 3.05) is 34.2 Å². The van der Waals surface area contributed by atoms with Gasteiger partial charge in [0.05, 0.1) is 26.7 Å². The Balaban J connectivity index is 1.73. The van der Waals surface area contributed by atoms with Crippen molar-refractivity contribution >= 4 is 5.97 Å². The van der Waals surface area contributed by atoms with Gasteiger partial charge in [-0.15, -0.1) is 0 Å². The van der Waals surface area contributed by atoms with Gasteiger partial charge in [0.1, 0.15) is 0 Å². The minimum absolute atomic E-state index is 0.0262. The molecule has 5 atom stereocenters. The summed E-state index contributed by atoms with van der Waals surface area (Å²) in [5.41, 5.74) is 14.9. The van der Waals surface area contributed by atoms with Gasteiger partial charge in [-0.05, 0) is 53.3 Å². The highest BCUT2D eigenvalue weighted by molar-refractivity contribution is 5.79. The number of methoxy groups -OCH3 is 2. The summed E-state index contributed by atoms with van der Waals surface area (Å²) in [7, 11) is 2.95. The first kappa shape index (κ1) is 21.7. The van der Waals surface area contributed by atoms with Gasteiger partial charge in [0.2, 0.25) is 12.5 Å². The molecule has 2 heterocycles.